The summed E-state index contributed by atoms with van der Waals surface area (Å²) in [6.07, 6.45) is 2.31. The van der Waals surface area contributed by atoms with E-state index in [0.29, 0.717) is 32.5 Å². The average molecular weight is 288 g/mol. The summed E-state index contributed by atoms with van der Waals surface area (Å²) in [5.41, 5.74) is 0. The van der Waals surface area contributed by atoms with Crippen LogP contribution in [0.4, 0.5) is 0 Å². The Morgan fingerprint density at radius 2 is 1.65 bits per heavy atom. The first-order valence-electron chi connectivity index (χ1n) is 8.02. The summed E-state index contributed by atoms with van der Waals surface area (Å²) in [4.78, 5) is 2.47. The van der Waals surface area contributed by atoms with E-state index in [9.17, 15) is 0 Å². The van der Waals surface area contributed by atoms with Crippen molar-refractivity contribution in [2.24, 2.45) is 0 Å². The van der Waals surface area contributed by atoms with Gasteiger partial charge in [0.05, 0.1) is 33.0 Å². The van der Waals surface area contributed by atoms with Crippen molar-refractivity contribution in [1.29, 1.82) is 0 Å². The average Bonchev–Trinajstić information content (AvgIpc) is 2.46. The van der Waals surface area contributed by atoms with Gasteiger partial charge in [0, 0.05) is 38.8 Å². The molecule has 20 heavy (non-hydrogen) atoms. The Morgan fingerprint density at radius 3 is 2.30 bits per heavy atom. The lowest BCUT2D eigenvalue weighted by Gasteiger charge is -2.33. The second-order valence-corrected chi connectivity index (χ2v) is 5.28. The fraction of sp³-hybridized carbons (Fsp3) is 1.00. The molecule has 0 aromatic rings. The van der Waals surface area contributed by atoms with Crippen LogP contribution in [-0.2, 0) is 14.2 Å². The second kappa shape index (κ2) is 12.5. The third-order valence-corrected chi connectivity index (χ3v) is 3.55. The number of nitrogens with one attached hydrogen (secondary N) is 1. The van der Waals surface area contributed by atoms with E-state index in [0.717, 1.165) is 45.8 Å². The van der Waals surface area contributed by atoms with Crippen LogP contribution in [0.3, 0.4) is 0 Å². The first kappa shape index (κ1) is 17.9. The lowest BCUT2D eigenvalue weighted by atomic mass is 10.2. The van der Waals surface area contributed by atoms with Crippen LogP contribution in [0.15, 0.2) is 0 Å². The molecule has 5 heteroatoms. The number of piperazine rings is 1. The molecule has 120 valence electrons. The van der Waals surface area contributed by atoms with Gasteiger partial charge in [-0.05, 0) is 13.3 Å². The quantitative estimate of drug-likeness (QED) is 0.545. The van der Waals surface area contributed by atoms with E-state index >= 15 is 0 Å². The van der Waals surface area contributed by atoms with Crippen molar-refractivity contribution in [2.45, 2.75) is 32.7 Å². The second-order valence-electron chi connectivity index (χ2n) is 5.28. The Hall–Kier alpha value is -0.200. The first-order valence-corrected chi connectivity index (χ1v) is 8.02. The highest BCUT2D eigenvalue weighted by molar-refractivity contribution is 4.75. The third kappa shape index (κ3) is 8.87. The molecule has 0 radical (unpaired) electrons. The number of ether oxygens (including phenoxy) is 3. The zero-order chi connectivity index (χ0) is 14.5. The zero-order valence-corrected chi connectivity index (χ0v) is 13.2. The summed E-state index contributed by atoms with van der Waals surface area (Å²) in [5.74, 6) is 0. The molecule has 1 fully saturated rings. The highest BCUT2D eigenvalue weighted by Crippen LogP contribution is 2.01. The van der Waals surface area contributed by atoms with E-state index in [1.54, 1.807) is 0 Å². The Morgan fingerprint density at radius 1 is 1.00 bits per heavy atom. The molecule has 1 saturated heterocycles. The zero-order valence-electron chi connectivity index (χ0n) is 13.2. The molecule has 0 aromatic carbocycles. The normalized spacial score (nSPS) is 20.4. The van der Waals surface area contributed by atoms with E-state index in [1.807, 2.05) is 0 Å². The van der Waals surface area contributed by atoms with Crippen LogP contribution in [0.2, 0.25) is 0 Å². The maximum Gasteiger partial charge on any atom is 0.0701 e. The van der Waals surface area contributed by atoms with Crippen LogP contribution in [0, 0.1) is 0 Å². The Balaban J connectivity index is 1.78. The summed E-state index contributed by atoms with van der Waals surface area (Å²) in [6, 6.07) is 0.615. The van der Waals surface area contributed by atoms with Crippen molar-refractivity contribution in [3.8, 4) is 0 Å². The van der Waals surface area contributed by atoms with Gasteiger partial charge in [0.25, 0.3) is 0 Å². The van der Waals surface area contributed by atoms with Gasteiger partial charge in [-0.3, -0.25) is 4.90 Å². The van der Waals surface area contributed by atoms with Crippen molar-refractivity contribution < 1.29 is 14.2 Å². The SMILES string of the molecule is CCCCOCCOCCOCCN1CCNCC1C. The van der Waals surface area contributed by atoms with Gasteiger partial charge in [0.2, 0.25) is 0 Å². The standard InChI is InChI=1S/C15H32N2O3/c1-3-4-8-18-10-12-20-13-11-19-9-7-17-6-5-16-14-15(17)2/h15-16H,3-14H2,1-2H3. The molecule has 1 unspecified atom stereocenters. The summed E-state index contributed by atoms with van der Waals surface area (Å²) < 4.78 is 16.5. The van der Waals surface area contributed by atoms with Gasteiger partial charge < -0.3 is 19.5 Å². The number of nitrogens with zero attached hydrogens (tertiary/aromatic N) is 1. The maximum absolute atomic E-state index is 5.60. The van der Waals surface area contributed by atoms with Crippen LogP contribution in [0.5, 0.6) is 0 Å². The van der Waals surface area contributed by atoms with E-state index in [2.05, 4.69) is 24.1 Å². The van der Waals surface area contributed by atoms with Gasteiger partial charge in [-0.1, -0.05) is 13.3 Å². The lowest BCUT2D eigenvalue weighted by molar-refractivity contribution is 0.00735. The minimum absolute atomic E-state index is 0.615. The molecule has 1 atom stereocenters. The largest absolute Gasteiger partial charge is 0.379 e. The van der Waals surface area contributed by atoms with E-state index in [1.165, 1.54) is 6.42 Å². The predicted octanol–water partition coefficient (Wildman–Crippen LogP) is 1.13. The Kier molecular flexibility index (Phi) is 11.2. The number of hydrogen-bond acceptors (Lipinski definition) is 5. The molecule has 0 spiro atoms. The van der Waals surface area contributed by atoms with Gasteiger partial charge in [-0.2, -0.15) is 0 Å². The molecule has 1 heterocycles. The monoisotopic (exact) mass is 288 g/mol. The van der Waals surface area contributed by atoms with Crippen LogP contribution < -0.4 is 5.32 Å². The smallest absolute Gasteiger partial charge is 0.0701 e. The number of rotatable bonds is 12. The molecule has 0 saturated carbocycles. The molecule has 1 rings (SSSR count). The van der Waals surface area contributed by atoms with Crippen LogP contribution in [0.1, 0.15) is 26.7 Å². The molecule has 1 aliphatic heterocycles. The molecular weight excluding hydrogens is 256 g/mol. The van der Waals surface area contributed by atoms with Crippen LogP contribution in [-0.4, -0.2) is 76.8 Å². The van der Waals surface area contributed by atoms with Crippen molar-refractivity contribution >= 4 is 0 Å². The summed E-state index contributed by atoms with van der Waals surface area (Å²) in [5, 5.41) is 3.39. The van der Waals surface area contributed by atoms with Crippen molar-refractivity contribution in [1.82, 2.24) is 10.2 Å². The molecular formula is C15H32N2O3. The summed E-state index contributed by atoms with van der Waals surface area (Å²) in [6.45, 7) is 13.1. The molecule has 1 aliphatic rings. The third-order valence-electron chi connectivity index (χ3n) is 3.55. The van der Waals surface area contributed by atoms with E-state index < -0.39 is 0 Å². The maximum atomic E-state index is 5.60. The minimum Gasteiger partial charge on any atom is -0.379 e. The number of hydrogen-bond donors (Lipinski definition) is 1. The van der Waals surface area contributed by atoms with Crippen molar-refractivity contribution in [3.63, 3.8) is 0 Å². The Labute approximate surface area is 123 Å². The van der Waals surface area contributed by atoms with Gasteiger partial charge in [-0.25, -0.2) is 0 Å². The van der Waals surface area contributed by atoms with Crippen LogP contribution >= 0.6 is 0 Å². The van der Waals surface area contributed by atoms with Crippen molar-refractivity contribution in [3.05, 3.63) is 0 Å². The molecule has 0 aromatic heterocycles. The minimum atomic E-state index is 0.615. The van der Waals surface area contributed by atoms with Crippen molar-refractivity contribution in [2.75, 3.05) is 65.8 Å². The lowest BCUT2D eigenvalue weighted by Crippen LogP contribution is -2.50. The van der Waals surface area contributed by atoms with Gasteiger partial charge in [0.15, 0.2) is 0 Å². The Bertz CT molecular complexity index is 217. The number of unbranched alkanes of at least 4 members (excludes halogenated alkanes) is 1. The van der Waals surface area contributed by atoms with Gasteiger partial charge in [-0.15, -0.1) is 0 Å². The highest BCUT2D eigenvalue weighted by atomic mass is 16.5. The molecule has 0 amide bonds. The molecule has 0 bridgehead atoms. The first-order chi connectivity index (χ1) is 9.84. The highest BCUT2D eigenvalue weighted by Gasteiger charge is 2.16. The topological polar surface area (TPSA) is 43.0 Å². The summed E-state index contributed by atoms with van der Waals surface area (Å²) in [7, 11) is 0. The predicted molar refractivity (Wildman–Crippen MR) is 81.3 cm³/mol. The fourth-order valence-corrected chi connectivity index (χ4v) is 2.19. The van der Waals surface area contributed by atoms with E-state index in [-0.39, 0.29) is 0 Å². The van der Waals surface area contributed by atoms with Crippen LogP contribution in [0.25, 0.3) is 0 Å². The molecule has 1 N–H and O–H groups in total. The van der Waals surface area contributed by atoms with Gasteiger partial charge >= 0.3 is 0 Å². The van der Waals surface area contributed by atoms with E-state index in [4.69, 9.17) is 14.2 Å². The fourth-order valence-electron chi connectivity index (χ4n) is 2.19. The summed E-state index contributed by atoms with van der Waals surface area (Å²) >= 11 is 0. The molecule has 5 nitrogen and oxygen atoms in total. The molecule has 0 aliphatic carbocycles. The van der Waals surface area contributed by atoms with Gasteiger partial charge in [0.1, 0.15) is 0 Å².